The lowest BCUT2D eigenvalue weighted by Gasteiger charge is -2.32. The molecule has 3 rings (SSSR count). The third-order valence-corrected chi connectivity index (χ3v) is 5.27. The van der Waals surface area contributed by atoms with E-state index in [2.05, 4.69) is 17.9 Å². The minimum atomic E-state index is -0.398. The lowest BCUT2D eigenvalue weighted by atomic mass is 9.78. The highest BCUT2D eigenvalue weighted by atomic mass is 32.1. The zero-order valence-electron chi connectivity index (χ0n) is 14.0. The molecular weight excluding hydrogens is 309 g/mol. The molecule has 1 N–H and O–H groups in total. The molecule has 0 saturated carbocycles. The predicted octanol–water partition coefficient (Wildman–Crippen LogP) is 2.87. The van der Waals surface area contributed by atoms with Crippen LogP contribution in [0.3, 0.4) is 0 Å². The number of amides is 1. The monoisotopic (exact) mass is 331 g/mol. The third-order valence-electron chi connectivity index (χ3n) is 4.90. The van der Waals surface area contributed by atoms with Crippen LogP contribution in [0.2, 0.25) is 0 Å². The van der Waals surface area contributed by atoms with Crippen molar-refractivity contribution in [1.82, 2.24) is 5.32 Å². The van der Waals surface area contributed by atoms with E-state index >= 15 is 0 Å². The number of hydrogen-bond acceptors (Lipinski definition) is 4. The number of fused-ring (bicyclic) bond motifs is 1. The molecule has 2 aliphatic heterocycles. The number of hydrogen-bond donors (Lipinski definition) is 2. The van der Waals surface area contributed by atoms with Gasteiger partial charge in [-0.2, -0.15) is 12.6 Å². The van der Waals surface area contributed by atoms with Crippen molar-refractivity contribution in [3.8, 4) is 0 Å². The van der Waals surface area contributed by atoms with E-state index in [-0.39, 0.29) is 17.1 Å². The van der Waals surface area contributed by atoms with Crippen LogP contribution < -0.4 is 5.32 Å². The van der Waals surface area contributed by atoms with Crippen molar-refractivity contribution in [1.29, 1.82) is 0 Å². The van der Waals surface area contributed by atoms with Crippen molar-refractivity contribution < 1.29 is 14.1 Å². The van der Waals surface area contributed by atoms with Crippen LogP contribution in [0.1, 0.15) is 49.2 Å². The molecule has 2 heterocycles. The van der Waals surface area contributed by atoms with Crippen LogP contribution in [-0.2, 0) is 15.9 Å². The fourth-order valence-corrected chi connectivity index (χ4v) is 2.98. The van der Waals surface area contributed by atoms with E-state index in [0.29, 0.717) is 12.3 Å². The van der Waals surface area contributed by atoms with Crippen molar-refractivity contribution in [2.24, 2.45) is 0 Å². The molecule has 0 spiro atoms. The molecule has 2 aliphatic rings. The Balaban J connectivity index is 1.87. The summed E-state index contributed by atoms with van der Waals surface area (Å²) in [4.78, 5) is 11.6. The fraction of sp³-hybridized carbons (Fsp3) is 0.471. The molecule has 0 radical (unpaired) electrons. The van der Waals surface area contributed by atoms with E-state index in [0.717, 1.165) is 22.2 Å². The molecule has 1 aromatic rings. The lowest BCUT2D eigenvalue weighted by Crippen LogP contribution is -2.41. The molecular formula is C17H22BNO3S. The summed E-state index contributed by atoms with van der Waals surface area (Å²) in [5.41, 5.74) is 3.05. The Morgan fingerprint density at radius 3 is 2.57 bits per heavy atom. The Bertz CT molecular complexity index is 668. The number of nitrogens with one attached hydrogen (secondary N) is 1. The summed E-state index contributed by atoms with van der Waals surface area (Å²) in [6, 6.07) is 5.84. The maximum absolute atomic E-state index is 11.6. The summed E-state index contributed by atoms with van der Waals surface area (Å²) in [7, 11) is -0.398. The molecule has 0 unspecified atom stereocenters. The molecule has 0 bridgehead atoms. The molecule has 122 valence electrons. The molecule has 6 heteroatoms. The van der Waals surface area contributed by atoms with Crippen LogP contribution in [0.4, 0.5) is 0 Å². The first kappa shape index (κ1) is 16.6. The topological polar surface area (TPSA) is 47.6 Å². The SMILES string of the molecule is CC1(C)OB(C(=Cc2ccc3c(c2)CNC3=O)CS)OC1(C)C. The van der Waals surface area contributed by atoms with E-state index < -0.39 is 7.12 Å². The normalized spacial score (nSPS) is 22.2. The van der Waals surface area contributed by atoms with Crippen LogP contribution in [-0.4, -0.2) is 30.0 Å². The van der Waals surface area contributed by atoms with Gasteiger partial charge in [0.2, 0.25) is 0 Å². The summed E-state index contributed by atoms with van der Waals surface area (Å²) >= 11 is 4.44. The van der Waals surface area contributed by atoms with E-state index in [4.69, 9.17) is 9.31 Å². The van der Waals surface area contributed by atoms with Crippen LogP contribution in [0.15, 0.2) is 23.7 Å². The lowest BCUT2D eigenvalue weighted by molar-refractivity contribution is 0.00578. The summed E-state index contributed by atoms with van der Waals surface area (Å²) in [6.45, 7) is 8.74. The van der Waals surface area contributed by atoms with Gasteiger partial charge < -0.3 is 14.6 Å². The highest BCUT2D eigenvalue weighted by molar-refractivity contribution is 7.80. The Hall–Kier alpha value is -1.24. The standard InChI is InChI=1S/C17H22BNO3S/c1-16(2)17(3,4)22-18(21-16)13(10-23)8-11-5-6-14-12(7-11)9-19-15(14)20/h5-8,23H,9-10H2,1-4H3,(H,19,20). The second kappa shape index (κ2) is 5.69. The largest absolute Gasteiger partial charge is 0.491 e. The quantitative estimate of drug-likeness (QED) is 0.661. The van der Waals surface area contributed by atoms with Gasteiger partial charge in [0.15, 0.2) is 0 Å². The molecule has 1 fully saturated rings. The summed E-state index contributed by atoms with van der Waals surface area (Å²) in [6.07, 6.45) is 2.04. The van der Waals surface area contributed by atoms with E-state index in [9.17, 15) is 4.79 Å². The van der Waals surface area contributed by atoms with Gasteiger partial charge in [0.05, 0.1) is 11.2 Å². The smallest absolute Gasteiger partial charge is 0.400 e. The van der Waals surface area contributed by atoms with Crippen LogP contribution in [0, 0.1) is 0 Å². The fourth-order valence-electron chi connectivity index (χ4n) is 2.74. The van der Waals surface area contributed by atoms with Gasteiger partial charge in [-0.05, 0) is 56.4 Å². The average molecular weight is 331 g/mol. The molecule has 4 nitrogen and oxygen atoms in total. The highest BCUT2D eigenvalue weighted by Crippen LogP contribution is 2.39. The van der Waals surface area contributed by atoms with Crippen LogP contribution in [0.25, 0.3) is 6.08 Å². The third kappa shape index (κ3) is 2.95. The van der Waals surface area contributed by atoms with Gasteiger partial charge in [-0.1, -0.05) is 12.1 Å². The van der Waals surface area contributed by atoms with Crippen LogP contribution in [0.5, 0.6) is 0 Å². The van der Waals surface area contributed by atoms with Gasteiger partial charge in [0, 0.05) is 17.9 Å². The molecule has 1 aromatic carbocycles. The molecule has 1 saturated heterocycles. The van der Waals surface area contributed by atoms with E-state index in [1.54, 1.807) is 0 Å². The molecule has 23 heavy (non-hydrogen) atoms. The Morgan fingerprint density at radius 2 is 1.96 bits per heavy atom. The predicted molar refractivity (Wildman–Crippen MR) is 95.5 cm³/mol. The van der Waals surface area contributed by atoms with E-state index in [1.165, 1.54) is 0 Å². The number of carbonyl (C=O) groups excluding carboxylic acids is 1. The van der Waals surface area contributed by atoms with Gasteiger partial charge in [-0.15, -0.1) is 0 Å². The minimum absolute atomic E-state index is 0.00379. The van der Waals surface area contributed by atoms with Crippen molar-refractivity contribution in [3.05, 3.63) is 40.4 Å². The molecule has 1 amide bonds. The Kier molecular flexibility index (Phi) is 4.11. The Morgan fingerprint density at radius 1 is 1.30 bits per heavy atom. The first-order valence-corrected chi connectivity index (χ1v) is 8.45. The van der Waals surface area contributed by atoms with Gasteiger partial charge in [-0.3, -0.25) is 4.79 Å². The zero-order chi connectivity index (χ0) is 16.8. The zero-order valence-corrected chi connectivity index (χ0v) is 14.9. The highest BCUT2D eigenvalue weighted by Gasteiger charge is 2.52. The second-order valence-corrected chi connectivity index (χ2v) is 7.38. The molecule has 0 atom stereocenters. The summed E-state index contributed by atoms with van der Waals surface area (Å²) in [5, 5.41) is 2.83. The summed E-state index contributed by atoms with van der Waals surface area (Å²) in [5.74, 6) is 0.543. The van der Waals surface area contributed by atoms with Crippen molar-refractivity contribution >= 4 is 31.7 Å². The van der Waals surface area contributed by atoms with Crippen molar-refractivity contribution in [2.75, 3.05) is 5.75 Å². The van der Waals surface area contributed by atoms with Gasteiger partial charge in [-0.25, -0.2) is 0 Å². The van der Waals surface area contributed by atoms with Gasteiger partial charge in [0.25, 0.3) is 5.91 Å². The minimum Gasteiger partial charge on any atom is -0.400 e. The van der Waals surface area contributed by atoms with Crippen molar-refractivity contribution in [2.45, 2.75) is 45.4 Å². The number of benzene rings is 1. The van der Waals surface area contributed by atoms with Gasteiger partial charge in [0.1, 0.15) is 0 Å². The Labute approximate surface area is 143 Å². The first-order valence-electron chi connectivity index (χ1n) is 7.81. The number of rotatable bonds is 3. The summed E-state index contributed by atoms with van der Waals surface area (Å²) < 4.78 is 12.2. The number of thiol groups is 1. The molecule has 0 aliphatic carbocycles. The number of carbonyl (C=O) groups is 1. The van der Waals surface area contributed by atoms with Gasteiger partial charge >= 0.3 is 7.12 Å². The molecule has 0 aromatic heterocycles. The van der Waals surface area contributed by atoms with Crippen molar-refractivity contribution in [3.63, 3.8) is 0 Å². The average Bonchev–Trinajstić information content (AvgIpc) is 2.94. The van der Waals surface area contributed by atoms with E-state index in [1.807, 2.05) is 52.0 Å². The first-order chi connectivity index (χ1) is 10.7. The van der Waals surface area contributed by atoms with Crippen LogP contribution >= 0.6 is 12.6 Å². The maximum atomic E-state index is 11.6. The maximum Gasteiger partial charge on any atom is 0.491 e. The second-order valence-electron chi connectivity index (χ2n) is 7.06.